The van der Waals surface area contributed by atoms with E-state index in [4.69, 9.17) is 11.6 Å². The van der Waals surface area contributed by atoms with Crippen LogP contribution in [0, 0.1) is 0 Å². The van der Waals surface area contributed by atoms with E-state index in [2.05, 4.69) is 9.72 Å². The number of alkyl halides is 6. The van der Waals surface area contributed by atoms with Gasteiger partial charge in [0.25, 0.3) is 0 Å². The van der Waals surface area contributed by atoms with Crippen molar-refractivity contribution >= 4 is 29.2 Å². The molecule has 0 spiro atoms. The number of halogens is 6. The zero-order chi connectivity index (χ0) is 20.4. The minimum absolute atomic E-state index is 0.0879. The zero-order valence-corrected chi connectivity index (χ0v) is 14.5. The summed E-state index contributed by atoms with van der Waals surface area (Å²) in [5.41, 5.74) is -7.28. The van der Waals surface area contributed by atoms with Crippen LogP contribution >= 0.6 is 11.6 Å². The molecule has 0 radical (unpaired) electrons. The van der Waals surface area contributed by atoms with Gasteiger partial charge in [0.2, 0.25) is 0 Å². The number of nitrogens with zero attached hydrogens (tertiary/aromatic N) is 2. The summed E-state index contributed by atoms with van der Waals surface area (Å²) in [5.74, 6) is -3.59. The molecule has 26 heavy (non-hydrogen) atoms. The van der Waals surface area contributed by atoms with E-state index in [1.165, 1.54) is 13.8 Å². The normalized spacial score (nSPS) is 12.0. The van der Waals surface area contributed by atoms with Crippen LogP contribution in [0.3, 0.4) is 0 Å². The molecule has 0 aliphatic carbocycles. The molecule has 146 valence electrons. The van der Waals surface area contributed by atoms with Gasteiger partial charge in [-0.1, -0.05) is 0 Å². The molecule has 0 amide bonds. The molecule has 1 heterocycles. The van der Waals surface area contributed by atoms with E-state index in [1.807, 2.05) is 0 Å². The lowest BCUT2D eigenvalue weighted by Crippen LogP contribution is -2.32. The second kappa shape index (κ2) is 7.60. The number of aromatic carboxylic acids is 1. The van der Waals surface area contributed by atoms with E-state index in [0.717, 1.165) is 12.0 Å². The maximum absolute atomic E-state index is 13.7. The van der Waals surface area contributed by atoms with Gasteiger partial charge in [-0.2, -0.15) is 22.0 Å². The number of anilines is 1. The van der Waals surface area contributed by atoms with Gasteiger partial charge in [-0.15, -0.1) is 0 Å². The van der Waals surface area contributed by atoms with Gasteiger partial charge < -0.3 is 14.7 Å². The van der Waals surface area contributed by atoms with Crippen molar-refractivity contribution in [3.05, 3.63) is 22.5 Å². The van der Waals surface area contributed by atoms with Crippen LogP contribution < -0.4 is 4.90 Å². The lowest BCUT2D eigenvalue weighted by atomic mass is 10.0. The summed E-state index contributed by atoms with van der Waals surface area (Å²) >= 11 is 4.84. The Morgan fingerprint density at radius 2 is 1.62 bits per heavy atom. The minimum Gasteiger partial charge on any atom is -0.478 e. The Labute approximate surface area is 149 Å². The Balaban J connectivity index is 4.25. The molecule has 6 nitrogen and oxygen atoms in total. The van der Waals surface area contributed by atoms with Crippen LogP contribution in [0.4, 0.5) is 27.6 Å². The van der Waals surface area contributed by atoms with E-state index in [9.17, 15) is 36.6 Å². The van der Waals surface area contributed by atoms with Crippen molar-refractivity contribution in [3.8, 4) is 0 Å². The quantitative estimate of drug-likeness (QED) is 0.442. The van der Waals surface area contributed by atoms with Crippen LogP contribution in [0.2, 0.25) is 0 Å². The fourth-order valence-electron chi connectivity index (χ4n) is 2.34. The van der Waals surface area contributed by atoms with Crippen LogP contribution in [0.5, 0.6) is 0 Å². The first-order chi connectivity index (χ1) is 11.8. The van der Waals surface area contributed by atoms with Crippen LogP contribution in [0.25, 0.3) is 0 Å². The standard InChI is InChI=1S/C14H14ClF5N2O4/c1-4-22(5-2)8-6(11(23)24)10(14(18,19)20)21-9(13(15,16)17)7(8)12(25)26-3/h4-5H2,1-3H3,(H,23,24). The van der Waals surface area contributed by atoms with E-state index < -0.39 is 51.7 Å². The second-order valence-electron chi connectivity index (χ2n) is 4.87. The maximum Gasteiger partial charge on any atom is 0.434 e. The predicted octanol–water partition coefficient (Wildman–Crippen LogP) is 3.72. The van der Waals surface area contributed by atoms with Gasteiger partial charge in [-0.25, -0.2) is 14.6 Å². The first-order valence-corrected chi connectivity index (χ1v) is 7.47. The molecule has 0 aromatic carbocycles. The zero-order valence-electron chi connectivity index (χ0n) is 13.7. The highest BCUT2D eigenvalue weighted by Crippen LogP contribution is 2.43. The lowest BCUT2D eigenvalue weighted by molar-refractivity contribution is -0.142. The van der Waals surface area contributed by atoms with Crippen molar-refractivity contribution in [1.29, 1.82) is 0 Å². The van der Waals surface area contributed by atoms with Gasteiger partial charge in [0, 0.05) is 13.1 Å². The summed E-state index contributed by atoms with van der Waals surface area (Å²) < 4.78 is 71.7. The summed E-state index contributed by atoms with van der Waals surface area (Å²) in [6.07, 6.45) is -5.39. The van der Waals surface area contributed by atoms with E-state index in [-0.39, 0.29) is 13.1 Å². The molecule has 0 saturated heterocycles. The van der Waals surface area contributed by atoms with Crippen LogP contribution in [0.1, 0.15) is 46.0 Å². The fraction of sp³-hybridized carbons (Fsp3) is 0.500. The highest BCUT2D eigenvalue weighted by Gasteiger charge is 2.47. The van der Waals surface area contributed by atoms with Gasteiger partial charge in [0.15, 0.2) is 5.69 Å². The Morgan fingerprint density at radius 3 is 1.92 bits per heavy atom. The SMILES string of the molecule is CCN(CC)c1c(C(=O)O)c(C(F)(F)F)nc(C(F)(F)Cl)c1C(=O)OC. The van der Waals surface area contributed by atoms with Crippen molar-refractivity contribution in [2.75, 3.05) is 25.1 Å². The molecule has 1 N–H and O–H groups in total. The highest BCUT2D eigenvalue weighted by atomic mass is 35.5. The van der Waals surface area contributed by atoms with Crippen LogP contribution in [-0.2, 0) is 16.3 Å². The monoisotopic (exact) mass is 404 g/mol. The van der Waals surface area contributed by atoms with E-state index in [0.29, 0.717) is 0 Å². The smallest absolute Gasteiger partial charge is 0.434 e. The highest BCUT2D eigenvalue weighted by molar-refractivity contribution is 6.22. The largest absolute Gasteiger partial charge is 0.478 e. The number of rotatable bonds is 6. The molecule has 0 bridgehead atoms. The van der Waals surface area contributed by atoms with Gasteiger partial charge in [0.05, 0.1) is 12.8 Å². The number of carbonyl (C=O) groups is 2. The predicted molar refractivity (Wildman–Crippen MR) is 80.8 cm³/mol. The number of ether oxygens (including phenoxy) is 1. The molecule has 0 saturated carbocycles. The van der Waals surface area contributed by atoms with Crippen LogP contribution in [-0.4, -0.2) is 42.2 Å². The molecule has 12 heteroatoms. The molecular weight excluding hydrogens is 391 g/mol. The Hall–Kier alpha value is -2.17. The van der Waals surface area contributed by atoms with Crippen molar-refractivity contribution in [2.45, 2.75) is 25.4 Å². The third-order valence-electron chi connectivity index (χ3n) is 3.39. The summed E-state index contributed by atoms with van der Waals surface area (Å²) in [6.45, 7) is 2.69. The lowest BCUT2D eigenvalue weighted by Gasteiger charge is -2.28. The van der Waals surface area contributed by atoms with Crippen molar-refractivity contribution in [3.63, 3.8) is 0 Å². The van der Waals surface area contributed by atoms with Gasteiger partial charge in [-0.05, 0) is 25.4 Å². The number of carboxylic acids is 1. The molecular formula is C14H14ClF5N2O4. The number of pyridine rings is 1. The molecule has 1 aromatic heterocycles. The second-order valence-corrected chi connectivity index (χ2v) is 5.35. The average molecular weight is 405 g/mol. The number of aromatic nitrogens is 1. The van der Waals surface area contributed by atoms with Crippen molar-refractivity contribution in [2.24, 2.45) is 0 Å². The Kier molecular flexibility index (Phi) is 6.40. The van der Waals surface area contributed by atoms with Crippen molar-refractivity contribution in [1.82, 2.24) is 4.98 Å². The van der Waals surface area contributed by atoms with Crippen LogP contribution in [0.15, 0.2) is 0 Å². The number of carboxylic acid groups (broad SMARTS) is 1. The van der Waals surface area contributed by atoms with Gasteiger partial charge >= 0.3 is 23.5 Å². The van der Waals surface area contributed by atoms with Gasteiger partial charge in [0.1, 0.15) is 16.8 Å². The molecule has 0 aliphatic heterocycles. The number of hydrogen-bond donors (Lipinski definition) is 1. The molecule has 0 unspecified atom stereocenters. The maximum atomic E-state index is 13.7. The topological polar surface area (TPSA) is 79.7 Å². The van der Waals surface area contributed by atoms with Gasteiger partial charge in [-0.3, -0.25) is 0 Å². The summed E-state index contributed by atoms with van der Waals surface area (Å²) in [7, 11) is 0.794. The molecule has 0 atom stereocenters. The Morgan fingerprint density at radius 1 is 1.12 bits per heavy atom. The summed E-state index contributed by atoms with van der Waals surface area (Å²) in [6, 6.07) is 0. The number of methoxy groups -OCH3 is 1. The van der Waals surface area contributed by atoms with E-state index >= 15 is 0 Å². The summed E-state index contributed by atoms with van der Waals surface area (Å²) in [4.78, 5) is 27.2. The number of esters is 1. The van der Waals surface area contributed by atoms with Crippen molar-refractivity contribution < 1.29 is 41.4 Å². The summed E-state index contributed by atoms with van der Waals surface area (Å²) in [5, 5.41) is 4.80. The molecule has 0 fully saturated rings. The number of hydrogen-bond acceptors (Lipinski definition) is 5. The van der Waals surface area contributed by atoms with E-state index in [1.54, 1.807) is 0 Å². The third-order valence-corrected chi connectivity index (χ3v) is 3.57. The molecule has 1 aromatic rings. The third kappa shape index (κ3) is 4.14. The number of carbonyl (C=O) groups excluding carboxylic acids is 1. The minimum atomic E-state index is -5.39. The molecule has 1 rings (SSSR count). The Bertz CT molecular complexity index is 715. The molecule has 0 aliphatic rings. The first-order valence-electron chi connectivity index (χ1n) is 7.10. The first kappa shape index (κ1) is 21.9. The average Bonchev–Trinajstić information content (AvgIpc) is 2.52. The fourth-order valence-corrected chi connectivity index (χ4v) is 2.47.